The fraction of sp³-hybridized carbons (Fsp3) is 0.0526. The minimum absolute atomic E-state index is 0.116. The van der Waals surface area contributed by atoms with Crippen LogP contribution in [0.3, 0.4) is 0 Å². The molecule has 3 rings (SSSR count). The predicted molar refractivity (Wildman–Crippen MR) is 90.9 cm³/mol. The summed E-state index contributed by atoms with van der Waals surface area (Å²) in [4.78, 5) is 16.0. The smallest absolute Gasteiger partial charge is 0.244 e. The van der Waals surface area contributed by atoms with Gasteiger partial charge in [-0.3, -0.25) is 4.79 Å². The molecule has 0 atom stereocenters. The molecule has 4 heteroatoms. The summed E-state index contributed by atoms with van der Waals surface area (Å²) in [6.07, 6.45) is 8.72. The molecule has 0 unspecified atom stereocenters. The minimum atomic E-state index is -0.116. The number of para-hydroxylation sites is 1. The number of rotatable bonds is 5. The first kappa shape index (κ1) is 14.8. The number of imidazole rings is 1. The van der Waals surface area contributed by atoms with Gasteiger partial charge in [0.1, 0.15) is 0 Å². The molecule has 1 amide bonds. The van der Waals surface area contributed by atoms with Gasteiger partial charge in [-0.15, -0.1) is 0 Å². The molecular weight excluding hydrogens is 286 g/mol. The average molecular weight is 303 g/mol. The Kier molecular flexibility index (Phi) is 4.64. The van der Waals surface area contributed by atoms with Crippen molar-refractivity contribution in [2.75, 3.05) is 0 Å². The maximum atomic E-state index is 12.0. The molecule has 23 heavy (non-hydrogen) atoms. The third-order valence-corrected chi connectivity index (χ3v) is 3.45. The van der Waals surface area contributed by atoms with Gasteiger partial charge >= 0.3 is 0 Å². The van der Waals surface area contributed by atoms with Crippen LogP contribution in [0, 0.1) is 0 Å². The van der Waals surface area contributed by atoms with Crippen LogP contribution in [-0.4, -0.2) is 15.5 Å². The number of nitrogens with zero attached hydrogens (tertiary/aromatic N) is 2. The lowest BCUT2D eigenvalue weighted by Crippen LogP contribution is -2.21. The fourth-order valence-corrected chi connectivity index (χ4v) is 2.29. The number of amides is 1. The van der Waals surface area contributed by atoms with Crippen molar-refractivity contribution in [2.24, 2.45) is 0 Å². The summed E-state index contributed by atoms with van der Waals surface area (Å²) in [5, 5.41) is 2.91. The van der Waals surface area contributed by atoms with E-state index >= 15 is 0 Å². The lowest BCUT2D eigenvalue weighted by Gasteiger charge is -2.10. The molecule has 0 bridgehead atoms. The molecule has 0 aliphatic rings. The van der Waals surface area contributed by atoms with Crippen molar-refractivity contribution in [2.45, 2.75) is 6.54 Å². The zero-order valence-electron chi connectivity index (χ0n) is 12.6. The van der Waals surface area contributed by atoms with Crippen LogP contribution in [0.2, 0.25) is 0 Å². The Morgan fingerprint density at radius 2 is 1.87 bits per heavy atom. The molecule has 3 aromatic rings. The van der Waals surface area contributed by atoms with Gasteiger partial charge in [0.25, 0.3) is 0 Å². The standard InChI is InChI=1S/C19H17N3O/c23-19(11-10-16-6-2-1-3-7-16)21-14-17-8-4-5-9-18(17)22-13-12-20-15-22/h1-13,15H,14H2,(H,21,23)/b11-10+. The molecule has 0 spiro atoms. The van der Waals surface area contributed by atoms with Crippen molar-refractivity contribution < 1.29 is 4.79 Å². The van der Waals surface area contributed by atoms with E-state index in [4.69, 9.17) is 0 Å². The number of nitrogens with one attached hydrogen (secondary N) is 1. The van der Waals surface area contributed by atoms with Gasteiger partial charge in [-0.1, -0.05) is 48.5 Å². The van der Waals surface area contributed by atoms with Gasteiger partial charge in [0.05, 0.1) is 12.0 Å². The van der Waals surface area contributed by atoms with Crippen LogP contribution in [0.25, 0.3) is 11.8 Å². The molecule has 0 aliphatic heterocycles. The van der Waals surface area contributed by atoms with Gasteiger partial charge in [0, 0.05) is 25.0 Å². The molecule has 0 aliphatic carbocycles. The van der Waals surface area contributed by atoms with Crippen LogP contribution >= 0.6 is 0 Å². The monoisotopic (exact) mass is 303 g/mol. The van der Waals surface area contributed by atoms with E-state index in [0.29, 0.717) is 6.54 Å². The van der Waals surface area contributed by atoms with Gasteiger partial charge in [0.15, 0.2) is 0 Å². The number of hydrogen-bond donors (Lipinski definition) is 1. The summed E-state index contributed by atoms with van der Waals surface area (Å²) in [6.45, 7) is 0.465. The van der Waals surface area contributed by atoms with E-state index < -0.39 is 0 Å². The lowest BCUT2D eigenvalue weighted by atomic mass is 10.1. The molecular formula is C19H17N3O. The molecule has 1 aromatic heterocycles. The van der Waals surface area contributed by atoms with Gasteiger partial charge in [0.2, 0.25) is 5.91 Å². The van der Waals surface area contributed by atoms with Crippen LogP contribution in [0.15, 0.2) is 79.4 Å². The van der Waals surface area contributed by atoms with Crippen LogP contribution < -0.4 is 5.32 Å². The third-order valence-electron chi connectivity index (χ3n) is 3.45. The zero-order valence-corrected chi connectivity index (χ0v) is 12.6. The molecule has 0 saturated heterocycles. The van der Waals surface area contributed by atoms with E-state index in [-0.39, 0.29) is 5.91 Å². The van der Waals surface area contributed by atoms with Crippen LogP contribution in [0.5, 0.6) is 0 Å². The number of benzene rings is 2. The quantitative estimate of drug-likeness (QED) is 0.736. The van der Waals surface area contributed by atoms with E-state index in [1.165, 1.54) is 0 Å². The normalized spacial score (nSPS) is 10.8. The second-order valence-corrected chi connectivity index (χ2v) is 5.06. The van der Waals surface area contributed by atoms with Crippen molar-refractivity contribution >= 4 is 12.0 Å². The molecule has 2 aromatic carbocycles. The molecule has 0 fully saturated rings. The number of carbonyl (C=O) groups excluding carboxylic acids is 1. The Morgan fingerprint density at radius 3 is 2.65 bits per heavy atom. The van der Waals surface area contributed by atoms with Crippen LogP contribution in [-0.2, 0) is 11.3 Å². The first-order valence-corrected chi connectivity index (χ1v) is 7.40. The summed E-state index contributed by atoms with van der Waals surface area (Å²) >= 11 is 0. The highest BCUT2D eigenvalue weighted by Gasteiger charge is 2.04. The number of carbonyl (C=O) groups is 1. The van der Waals surface area contributed by atoms with E-state index in [1.807, 2.05) is 65.4 Å². The molecule has 1 heterocycles. The maximum absolute atomic E-state index is 12.0. The predicted octanol–water partition coefficient (Wildman–Crippen LogP) is 3.20. The van der Waals surface area contributed by atoms with E-state index in [9.17, 15) is 4.79 Å². The Morgan fingerprint density at radius 1 is 1.09 bits per heavy atom. The van der Waals surface area contributed by atoms with Crippen LogP contribution in [0.4, 0.5) is 0 Å². The Hall–Kier alpha value is -3.14. The molecule has 4 nitrogen and oxygen atoms in total. The first-order chi connectivity index (χ1) is 11.3. The molecule has 114 valence electrons. The highest BCUT2D eigenvalue weighted by molar-refractivity contribution is 5.91. The van der Waals surface area contributed by atoms with Gasteiger partial charge in [-0.2, -0.15) is 0 Å². The van der Waals surface area contributed by atoms with E-state index in [2.05, 4.69) is 10.3 Å². The van der Waals surface area contributed by atoms with Crippen LogP contribution in [0.1, 0.15) is 11.1 Å². The second kappa shape index (κ2) is 7.22. The number of hydrogen-bond acceptors (Lipinski definition) is 2. The van der Waals surface area contributed by atoms with Gasteiger partial charge in [-0.25, -0.2) is 4.98 Å². The largest absolute Gasteiger partial charge is 0.348 e. The second-order valence-electron chi connectivity index (χ2n) is 5.06. The summed E-state index contributed by atoms with van der Waals surface area (Å²) in [5.41, 5.74) is 3.05. The molecule has 1 N–H and O–H groups in total. The van der Waals surface area contributed by atoms with E-state index in [0.717, 1.165) is 16.8 Å². The average Bonchev–Trinajstić information content (AvgIpc) is 3.14. The number of aromatic nitrogens is 2. The molecule has 0 saturated carbocycles. The summed E-state index contributed by atoms with van der Waals surface area (Å²) in [7, 11) is 0. The van der Waals surface area contributed by atoms with Crippen molar-refractivity contribution in [1.29, 1.82) is 0 Å². The molecule has 0 radical (unpaired) electrons. The third kappa shape index (κ3) is 3.95. The van der Waals surface area contributed by atoms with E-state index in [1.54, 1.807) is 24.7 Å². The zero-order chi connectivity index (χ0) is 15.9. The van der Waals surface area contributed by atoms with Gasteiger partial charge < -0.3 is 9.88 Å². The Balaban J connectivity index is 1.65. The summed E-state index contributed by atoms with van der Waals surface area (Å²) < 4.78 is 1.93. The fourth-order valence-electron chi connectivity index (χ4n) is 2.29. The van der Waals surface area contributed by atoms with Gasteiger partial charge in [-0.05, 0) is 23.3 Å². The maximum Gasteiger partial charge on any atom is 0.244 e. The highest BCUT2D eigenvalue weighted by atomic mass is 16.1. The summed E-state index contributed by atoms with van der Waals surface area (Å²) in [5.74, 6) is -0.116. The minimum Gasteiger partial charge on any atom is -0.348 e. The van der Waals surface area contributed by atoms with Crippen molar-refractivity contribution in [3.05, 3.63) is 90.5 Å². The van der Waals surface area contributed by atoms with Crippen molar-refractivity contribution in [3.63, 3.8) is 0 Å². The Labute approximate surface area is 135 Å². The first-order valence-electron chi connectivity index (χ1n) is 7.40. The Bertz CT molecular complexity index is 793. The summed E-state index contributed by atoms with van der Waals surface area (Å²) in [6, 6.07) is 17.7. The van der Waals surface area contributed by atoms with Crippen molar-refractivity contribution in [1.82, 2.24) is 14.9 Å². The highest BCUT2D eigenvalue weighted by Crippen LogP contribution is 2.13. The lowest BCUT2D eigenvalue weighted by molar-refractivity contribution is -0.116. The topological polar surface area (TPSA) is 46.9 Å². The van der Waals surface area contributed by atoms with Crippen molar-refractivity contribution in [3.8, 4) is 5.69 Å². The SMILES string of the molecule is O=C(/C=C/c1ccccc1)NCc1ccccc1-n1ccnc1.